The lowest BCUT2D eigenvalue weighted by atomic mass is 9.92. The number of hydrogen-bond donors (Lipinski definition) is 1. The van der Waals surface area contributed by atoms with Crippen molar-refractivity contribution in [1.82, 2.24) is 4.90 Å². The fourth-order valence-corrected chi connectivity index (χ4v) is 5.05. The molecule has 5 rings (SSSR count). The van der Waals surface area contributed by atoms with Crippen molar-refractivity contribution >= 4 is 28.2 Å². The van der Waals surface area contributed by atoms with Gasteiger partial charge in [0.2, 0.25) is 0 Å². The lowest BCUT2D eigenvalue weighted by molar-refractivity contribution is -0.140. The van der Waals surface area contributed by atoms with Crippen LogP contribution < -0.4 is 4.74 Å². The summed E-state index contributed by atoms with van der Waals surface area (Å²) < 4.78 is 6.17. The average Bonchev–Trinajstić information content (AvgIpc) is 3.13. The zero-order valence-corrected chi connectivity index (χ0v) is 22.1. The Morgan fingerprint density at radius 3 is 2.34 bits per heavy atom. The number of hydrogen-bond acceptors (Lipinski definition) is 4. The highest BCUT2D eigenvalue weighted by atomic mass is 16.5. The van der Waals surface area contributed by atoms with Crippen molar-refractivity contribution in [2.75, 3.05) is 0 Å². The highest BCUT2D eigenvalue weighted by Gasteiger charge is 2.46. The molecule has 0 radical (unpaired) electrons. The zero-order valence-electron chi connectivity index (χ0n) is 22.1. The van der Waals surface area contributed by atoms with Crippen LogP contribution in [0.25, 0.3) is 16.5 Å². The molecule has 1 aliphatic rings. The number of rotatable bonds is 5. The third-order valence-electron chi connectivity index (χ3n) is 6.67. The summed E-state index contributed by atoms with van der Waals surface area (Å²) in [6.45, 7) is 8.02. The summed E-state index contributed by atoms with van der Waals surface area (Å²) in [6.07, 6.45) is 0. The van der Waals surface area contributed by atoms with E-state index < -0.39 is 23.3 Å². The second-order valence-electron chi connectivity index (χ2n) is 10.7. The molecule has 5 heteroatoms. The minimum Gasteiger partial charge on any atom is -0.507 e. The van der Waals surface area contributed by atoms with Gasteiger partial charge in [-0.15, -0.1) is 0 Å². The Bertz CT molecular complexity index is 1570. The number of Topliss-reactive ketones (excluding diaryl/α,β-unsaturated/α-hetero) is 1. The number of nitrogens with zero attached hydrogens (tertiary/aromatic N) is 1. The molecule has 1 fully saturated rings. The van der Waals surface area contributed by atoms with Gasteiger partial charge in [-0.3, -0.25) is 9.59 Å². The van der Waals surface area contributed by atoms with Crippen molar-refractivity contribution in [3.05, 3.63) is 119 Å². The molecule has 192 valence electrons. The van der Waals surface area contributed by atoms with Crippen LogP contribution in [-0.2, 0) is 16.1 Å². The van der Waals surface area contributed by atoms with Crippen molar-refractivity contribution < 1.29 is 19.4 Å². The number of ketones is 1. The maximum atomic E-state index is 13.6. The van der Waals surface area contributed by atoms with E-state index in [1.807, 2.05) is 113 Å². The second kappa shape index (κ2) is 9.82. The normalized spacial score (nSPS) is 17.3. The Morgan fingerprint density at radius 2 is 1.58 bits per heavy atom. The van der Waals surface area contributed by atoms with E-state index in [0.29, 0.717) is 11.3 Å². The number of ether oxygens (including phenoxy) is 1. The first-order valence-electron chi connectivity index (χ1n) is 12.7. The van der Waals surface area contributed by atoms with Gasteiger partial charge in [0.1, 0.15) is 17.1 Å². The maximum absolute atomic E-state index is 13.6. The molecule has 0 aromatic heterocycles. The largest absolute Gasteiger partial charge is 0.507 e. The molecular weight excluding hydrogens is 474 g/mol. The Morgan fingerprint density at radius 1 is 0.895 bits per heavy atom. The number of aryl methyl sites for hydroxylation is 1. The fourth-order valence-electron chi connectivity index (χ4n) is 5.05. The van der Waals surface area contributed by atoms with Crippen LogP contribution in [0.5, 0.6) is 5.75 Å². The molecule has 1 saturated heterocycles. The summed E-state index contributed by atoms with van der Waals surface area (Å²) in [7, 11) is 0. The third kappa shape index (κ3) is 4.80. The summed E-state index contributed by atoms with van der Waals surface area (Å²) in [5.41, 5.74) is 2.72. The Kier molecular flexibility index (Phi) is 6.53. The molecule has 4 aromatic rings. The SMILES string of the molecule is Cc1cccc(C2/C(=C(/O)c3cccc4ccccc34)C(=O)C(=O)N2Cc2ccccc2OC(C)(C)C)c1. The zero-order chi connectivity index (χ0) is 27.0. The van der Waals surface area contributed by atoms with Crippen LogP contribution in [0.2, 0.25) is 0 Å². The molecule has 0 saturated carbocycles. The van der Waals surface area contributed by atoms with Gasteiger partial charge in [0.25, 0.3) is 11.7 Å². The van der Waals surface area contributed by atoms with Gasteiger partial charge in [0.05, 0.1) is 18.2 Å². The van der Waals surface area contributed by atoms with E-state index in [1.165, 1.54) is 0 Å². The van der Waals surface area contributed by atoms with E-state index in [2.05, 4.69) is 0 Å². The fraction of sp³-hybridized carbons (Fsp3) is 0.212. The van der Waals surface area contributed by atoms with Crippen LogP contribution in [0.3, 0.4) is 0 Å². The third-order valence-corrected chi connectivity index (χ3v) is 6.67. The predicted molar refractivity (Wildman–Crippen MR) is 150 cm³/mol. The number of amides is 1. The van der Waals surface area contributed by atoms with Gasteiger partial charge in [-0.2, -0.15) is 0 Å². The molecule has 1 heterocycles. The van der Waals surface area contributed by atoms with Crippen LogP contribution in [-0.4, -0.2) is 27.3 Å². The molecule has 1 N–H and O–H groups in total. The number of fused-ring (bicyclic) bond motifs is 1. The van der Waals surface area contributed by atoms with Gasteiger partial charge < -0.3 is 14.7 Å². The molecule has 1 atom stereocenters. The molecule has 1 aliphatic heterocycles. The first-order chi connectivity index (χ1) is 18.1. The van der Waals surface area contributed by atoms with E-state index in [0.717, 1.165) is 27.5 Å². The lowest BCUT2D eigenvalue weighted by Gasteiger charge is -2.28. The minimum atomic E-state index is -0.753. The van der Waals surface area contributed by atoms with Gasteiger partial charge in [0, 0.05) is 11.1 Å². The summed E-state index contributed by atoms with van der Waals surface area (Å²) in [4.78, 5) is 28.7. The van der Waals surface area contributed by atoms with Gasteiger partial charge in [0.15, 0.2) is 0 Å². The molecule has 1 unspecified atom stereocenters. The molecule has 0 spiro atoms. The Hall–Kier alpha value is -4.38. The molecule has 0 bridgehead atoms. The summed E-state index contributed by atoms with van der Waals surface area (Å²) in [5.74, 6) is -0.868. The Balaban J connectivity index is 1.68. The monoisotopic (exact) mass is 505 g/mol. The molecule has 5 nitrogen and oxygen atoms in total. The van der Waals surface area contributed by atoms with E-state index in [-0.39, 0.29) is 17.9 Å². The van der Waals surface area contributed by atoms with E-state index in [9.17, 15) is 14.7 Å². The molecule has 38 heavy (non-hydrogen) atoms. The highest BCUT2D eigenvalue weighted by Crippen LogP contribution is 2.42. The topological polar surface area (TPSA) is 66.8 Å². The van der Waals surface area contributed by atoms with Crippen molar-refractivity contribution in [3.63, 3.8) is 0 Å². The number of para-hydroxylation sites is 1. The average molecular weight is 506 g/mol. The highest BCUT2D eigenvalue weighted by molar-refractivity contribution is 6.46. The smallest absolute Gasteiger partial charge is 0.295 e. The first kappa shape index (κ1) is 25.3. The van der Waals surface area contributed by atoms with Crippen LogP contribution in [0.1, 0.15) is 49.1 Å². The molecule has 1 amide bonds. The van der Waals surface area contributed by atoms with Crippen molar-refractivity contribution in [2.24, 2.45) is 0 Å². The molecular formula is C33H31NO4. The summed E-state index contributed by atoms with van der Waals surface area (Å²) in [5, 5.41) is 13.4. The molecule has 0 aliphatic carbocycles. The van der Waals surface area contributed by atoms with E-state index in [4.69, 9.17) is 4.74 Å². The van der Waals surface area contributed by atoms with Crippen LogP contribution in [0, 0.1) is 6.92 Å². The number of aliphatic hydroxyl groups excluding tert-OH is 1. The number of aliphatic hydroxyl groups is 1. The number of carbonyl (C=O) groups is 2. The van der Waals surface area contributed by atoms with Crippen molar-refractivity contribution in [3.8, 4) is 5.75 Å². The molecule has 4 aromatic carbocycles. The lowest BCUT2D eigenvalue weighted by Crippen LogP contribution is -2.30. The van der Waals surface area contributed by atoms with E-state index >= 15 is 0 Å². The van der Waals surface area contributed by atoms with Gasteiger partial charge >= 0.3 is 0 Å². The number of benzene rings is 4. The quantitative estimate of drug-likeness (QED) is 0.181. The standard InChI is InChI=1S/C33H31NO4/c1-21-11-9-15-23(19-21)29-28(30(35)26-17-10-14-22-12-5-7-16-25(22)26)31(36)32(37)34(29)20-24-13-6-8-18-27(24)38-33(2,3)4/h5-19,29,35H,20H2,1-4H3/b30-28-. The Labute approximate surface area is 223 Å². The van der Waals surface area contributed by atoms with Crippen molar-refractivity contribution in [2.45, 2.75) is 45.9 Å². The predicted octanol–water partition coefficient (Wildman–Crippen LogP) is 6.95. The first-order valence-corrected chi connectivity index (χ1v) is 12.7. The van der Waals surface area contributed by atoms with Gasteiger partial charge in [-0.25, -0.2) is 0 Å². The second-order valence-corrected chi connectivity index (χ2v) is 10.7. The van der Waals surface area contributed by atoms with Crippen LogP contribution in [0.4, 0.5) is 0 Å². The number of carbonyl (C=O) groups excluding carboxylic acids is 2. The van der Waals surface area contributed by atoms with Gasteiger partial charge in [-0.05, 0) is 50.1 Å². The summed E-state index contributed by atoms with van der Waals surface area (Å²) >= 11 is 0. The van der Waals surface area contributed by atoms with Crippen LogP contribution in [0.15, 0.2) is 96.6 Å². The van der Waals surface area contributed by atoms with Gasteiger partial charge in [-0.1, -0.05) is 90.5 Å². The number of likely N-dealkylation sites (tertiary alicyclic amines) is 1. The maximum Gasteiger partial charge on any atom is 0.295 e. The summed E-state index contributed by atoms with van der Waals surface area (Å²) in [6, 6.07) is 27.8. The minimum absolute atomic E-state index is 0.0890. The van der Waals surface area contributed by atoms with E-state index in [1.54, 1.807) is 11.0 Å². The van der Waals surface area contributed by atoms with Crippen molar-refractivity contribution in [1.29, 1.82) is 0 Å². The van der Waals surface area contributed by atoms with Crippen LogP contribution >= 0.6 is 0 Å².